The number of hydrogen-bond donors (Lipinski definition) is 1. The van der Waals surface area contributed by atoms with E-state index in [0.717, 1.165) is 42.0 Å². The summed E-state index contributed by atoms with van der Waals surface area (Å²) in [5.74, 6) is 0.324. The van der Waals surface area contributed by atoms with Gasteiger partial charge in [-0.25, -0.2) is 4.57 Å². The summed E-state index contributed by atoms with van der Waals surface area (Å²) in [6.45, 7) is 3.57. The van der Waals surface area contributed by atoms with Crippen LogP contribution < -0.4 is 14.1 Å². The van der Waals surface area contributed by atoms with E-state index >= 15 is 0 Å². The molecule has 0 radical (unpaired) electrons. The van der Waals surface area contributed by atoms with Crippen LogP contribution in [0.25, 0.3) is 10.8 Å². The van der Waals surface area contributed by atoms with Crippen molar-refractivity contribution < 1.29 is 23.1 Å². The first-order valence-corrected chi connectivity index (χ1v) is 13.0. The molecule has 0 amide bonds. The molecule has 6 nitrogen and oxygen atoms in total. The van der Waals surface area contributed by atoms with Gasteiger partial charge in [-0.2, -0.15) is 5.09 Å². The summed E-state index contributed by atoms with van der Waals surface area (Å²) in [5.41, 5.74) is 1.05. The smallest absolute Gasteiger partial charge is 0.461 e. The van der Waals surface area contributed by atoms with E-state index in [0.29, 0.717) is 11.5 Å². The minimum atomic E-state index is -4.00. The molecule has 1 fully saturated rings. The van der Waals surface area contributed by atoms with Crippen LogP contribution in [0.2, 0.25) is 0 Å². The van der Waals surface area contributed by atoms with Crippen LogP contribution in [0, 0.1) is 6.92 Å². The minimum absolute atomic E-state index is 0.0908. The average Bonchev–Trinajstić information content (AvgIpc) is 2.81. The van der Waals surface area contributed by atoms with Gasteiger partial charge in [0.2, 0.25) is 0 Å². The molecule has 33 heavy (non-hydrogen) atoms. The maximum absolute atomic E-state index is 13.9. The molecule has 0 aliphatic heterocycles. The predicted octanol–water partition coefficient (Wildman–Crippen LogP) is 6.57. The molecule has 0 spiro atoms. The molecule has 3 aromatic rings. The van der Waals surface area contributed by atoms with E-state index in [2.05, 4.69) is 5.09 Å². The van der Waals surface area contributed by atoms with Gasteiger partial charge in [0, 0.05) is 5.39 Å². The van der Waals surface area contributed by atoms with Gasteiger partial charge >= 0.3 is 13.7 Å². The molecule has 1 aliphatic carbocycles. The van der Waals surface area contributed by atoms with Crippen molar-refractivity contribution in [1.29, 1.82) is 0 Å². The van der Waals surface area contributed by atoms with Gasteiger partial charge < -0.3 is 13.8 Å². The summed E-state index contributed by atoms with van der Waals surface area (Å²) in [7, 11) is -4.00. The highest BCUT2D eigenvalue weighted by atomic mass is 31.2. The van der Waals surface area contributed by atoms with Gasteiger partial charge in [-0.3, -0.25) is 4.79 Å². The van der Waals surface area contributed by atoms with Crippen molar-refractivity contribution in [3.05, 3.63) is 72.3 Å². The van der Waals surface area contributed by atoms with Crippen LogP contribution in [0.4, 0.5) is 0 Å². The zero-order chi connectivity index (χ0) is 23.3. The standard InChI is InChI=1S/C26H30NO5P/c1-19-15-17-23(18-16-19)31-33(29,27-20(2)26(28)30-22-11-4-3-5-12-22)32-25-14-8-10-21-9-6-7-13-24(21)25/h6-10,13-18,20,22H,3-5,11-12H2,1-2H3,(H,27,29)/t20-,33?/m0/s1. The number of fused-ring (bicyclic) bond motifs is 1. The topological polar surface area (TPSA) is 73.9 Å². The third-order valence-electron chi connectivity index (χ3n) is 5.76. The highest BCUT2D eigenvalue weighted by molar-refractivity contribution is 7.52. The molecule has 0 aromatic heterocycles. The lowest BCUT2D eigenvalue weighted by Crippen LogP contribution is -2.38. The summed E-state index contributed by atoms with van der Waals surface area (Å²) in [6, 6.07) is 19.5. The number of ether oxygens (including phenoxy) is 1. The first-order chi connectivity index (χ1) is 15.9. The molecule has 0 bridgehead atoms. The first kappa shape index (κ1) is 23.3. The Hall–Kier alpha value is -2.82. The van der Waals surface area contributed by atoms with Gasteiger partial charge in [0.05, 0.1) is 0 Å². The van der Waals surface area contributed by atoms with Crippen LogP contribution in [0.3, 0.4) is 0 Å². The quantitative estimate of drug-likeness (QED) is 0.298. The van der Waals surface area contributed by atoms with E-state index in [4.69, 9.17) is 13.8 Å². The summed E-state index contributed by atoms with van der Waals surface area (Å²) in [6.07, 6.45) is 4.91. The van der Waals surface area contributed by atoms with Gasteiger partial charge in [-0.15, -0.1) is 0 Å². The lowest BCUT2D eigenvalue weighted by molar-refractivity contribution is -0.152. The Balaban J connectivity index is 1.57. The van der Waals surface area contributed by atoms with Crippen molar-refractivity contribution in [3.8, 4) is 11.5 Å². The van der Waals surface area contributed by atoms with Crippen LogP contribution in [0.5, 0.6) is 11.5 Å². The Morgan fingerprint density at radius 1 is 0.939 bits per heavy atom. The number of carbonyl (C=O) groups excluding carboxylic acids is 1. The second-order valence-corrected chi connectivity index (χ2v) is 10.1. The highest BCUT2D eigenvalue weighted by Gasteiger charge is 2.35. The van der Waals surface area contributed by atoms with Crippen LogP contribution >= 0.6 is 7.75 Å². The molecule has 4 rings (SSSR count). The Labute approximate surface area is 194 Å². The molecule has 0 heterocycles. The summed E-state index contributed by atoms with van der Waals surface area (Å²) < 4.78 is 31.4. The number of benzene rings is 3. The highest BCUT2D eigenvalue weighted by Crippen LogP contribution is 2.47. The van der Waals surface area contributed by atoms with E-state index in [1.165, 1.54) is 6.42 Å². The summed E-state index contributed by atoms with van der Waals surface area (Å²) in [5, 5.41) is 4.54. The normalized spacial score (nSPS) is 17.2. The monoisotopic (exact) mass is 467 g/mol. The van der Waals surface area contributed by atoms with E-state index in [1.807, 2.05) is 55.5 Å². The van der Waals surface area contributed by atoms with Crippen molar-refractivity contribution in [2.45, 2.75) is 58.1 Å². The van der Waals surface area contributed by atoms with Crippen LogP contribution in [0.1, 0.15) is 44.6 Å². The second kappa shape index (κ2) is 10.4. The van der Waals surface area contributed by atoms with E-state index in [1.54, 1.807) is 25.1 Å². The SMILES string of the molecule is Cc1ccc(OP(=O)(N[C@@H](C)C(=O)OC2CCCCC2)Oc2cccc3ccccc23)cc1. The number of carbonyl (C=O) groups is 1. The zero-order valence-electron chi connectivity index (χ0n) is 19.0. The van der Waals surface area contributed by atoms with Gasteiger partial charge in [0.1, 0.15) is 23.6 Å². The molecular formula is C26H30NO5P. The number of rotatable bonds is 8. The molecule has 1 unspecified atom stereocenters. The predicted molar refractivity (Wildman–Crippen MR) is 130 cm³/mol. The van der Waals surface area contributed by atoms with Crippen molar-refractivity contribution in [2.24, 2.45) is 0 Å². The molecule has 2 atom stereocenters. The molecule has 1 aliphatic rings. The van der Waals surface area contributed by atoms with E-state index in [-0.39, 0.29) is 6.10 Å². The fourth-order valence-corrected chi connectivity index (χ4v) is 5.49. The molecule has 0 saturated heterocycles. The van der Waals surface area contributed by atoms with Crippen LogP contribution in [0.15, 0.2) is 66.7 Å². The third kappa shape index (κ3) is 6.16. The fraction of sp³-hybridized carbons (Fsp3) is 0.346. The number of nitrogens with one attached hydrogen (secondary N) is 1. The molecule has 174 valence electrons. The van der Waals surface area contributed by atoms with Gasteiger partial charge in [-0.05, 0) is 63.1 Å². The third-order valence-corrected chi connectivity index (χ3v) is 7.35. The van der Waals surface area contributed by atoms with Crippen LogP contribution in [-0.2, 0) is 14.1 Å². The molecule has 1 saturated carbocycles. The zero-order valence-corrected chi connectivity index (χ0v) is 19.9. The van der Waals surface area contributed by atoms with Crippen molar-refractivity contribution in [1.82, 2.24) is 5.09 Å². The van der Waals surface area contributed by atoms with Gasteiger partial charge in [-0.1, -0.05) is 60.5 Å². The molecule has 7 heteroatoms. The Morgan fingerprint density at radius 2 is 1.64 bits per heavy atom. The summed E-state index contributed by atoms with van der Waals surface area (Å²) in [4.78, 5) is 12.7. The average molecular weight is 468 g/mol. The van der Waals surface area contributed by atoms with E-state index in [9.17, 15) is 9.36 Å². The fourth-order valence-electron chi connectivity index (χ4n) is 3.95. The van der Waals surface area contributed by atoms with Gasteiger partial charge in [0.15, 0.2) is 0 Å². The molecule has 1 N–H and O–H groups in total. The van der Waals surface area contributed by atoms with E-state index < -0.39 is 19.8 Å². The Morgan fingerprint density at radius 3 is 2.39 bits per heavy atom. The van der Waals surface area contributed by atoms with Crippen molar-refractivity contribution in [3.63, 3.8) is 0 Å². The molecular weight excluding hydrogens is 437 g/mol. The summed E-state index contributed by atoms with van der Waals surface area (Å²) >= 11 is 0. The number of hydrogen-bond acceptors (Lipinski definition) is 5. The maximum Gasteiger partial charge on any atom is 0.513 e. The van der Waals surface area contributed by atoms with Gasteiger partial charge in [0.25, 0.3) is 0 Å². The molecule has 3 aromatic carbocycles. The second-order valence-electron chi connectivity index (χ2n) is 8.52. The minimum Gasteiger partial charge on any atom is -0.461 e. The maximum atomic E-state index is 13.9. The number of aryl methyl sites for hydroxylation is 1. The Kier molecular flexibility index (Phi) is 7.36. The van der Waals surface area contributed by atoms with Crippen molar-refractivity contribution in [2.75, 3.05) is 0 Å². The largest absolute Gasteiger partial charge is 0.513 e. The van der Waals surface area contributed by atoms with Crippen LogP contribution in [-0.4, -0.2) is 18.1 Å². The first-order valence-electron chi connectivity index (χ1n) is 11.4. The lowest BCUT2D eigenvalue weighted by atomic mass is 9.98. The number of esters is 1. The Bertz CT molecular complexity index is 1140. The van der Waals surface area contributed by atoms with Crippen molar-refractivity contribution >= 4 is 24.5 Å². The lowest BCUT2D eigenvalue weighted by Gasteiger charge is -2.26.